The van der Waals surface area contributed by atoms with E-state index in [-0.39, 0.29) is 5.75 Å². The van der Waals surface area contributed by atoms with Crippen molar-refractivity contribution in [1.29, 1.82) is 0 Å². The molecule has 0 aliphatic rings. The lowest BCUT2D eigenvalue weighted by Crippen LogP contribution is -2.20. The van der Waals surface area contributed by atoms with E-state index in [0.717, 1.165) is 23.9 Å². The molecule has 0 spiro atoms. The van der Waals surface area contributed by atoms with E-state index in [0.29, 0.717) is 5.82 Å². The smallest absolute Gasteiger partial charge is 0.263 e. The van der Waals surface area contributed by atoms with Gasteiger partial charge in [-0.1, -0.05) is 0 Å². The fourth-order valence-electron chi connectivity index (χ4n) is 1.97. The number of nitrogens with one attached hydrogen (secondary N) is 1. The summed E-state index contributed by atoms with van der Waals surface area (Å²) in [5.74, 6) is -1.79. The number of halogens is 2. The maximum atomic E-state index is 13.0. The molecule has 0 saturated carbocycles. The van der Waals surface area contributed by atoms with Crippen molar-refractivity contribution < 1.29 is 18.3 Å². The first kappa shape index (κ1) is 15.6. The Kier molecular flexibility index (Phi) is 4.46. The highest BCUT2D eigenvalue weighted by atomic mass is 19.1. The number of carbonyl (C=O) groups is 1. The van der Waals surface area contributed by atoms with E-state index in [1.54, 1.807) is 41.5 Å². The van der Waals surface area contributed by atoms with Crippen molar-refractivity contribution in [2.24, 2.45) is 0 Å². The number of anilines is 1. The van der Waals surface area contributed by atoms with Crippen LogP contribution < -0.4 is 10.1 Å². The van der Waals surface area contributed by atoms with Crippen molar-refractivity contribution in [2.45, 2.75) is 0 Å². The molecular formula is C16H12F2N4O2. The van der Waals surface area contributed by atoms with Gasteiger partial charge in [-0.05, 0) is 12.1 Å². The number of hydrogen-bond donors (Lipinski definition) is 1. The molecule has 3 rings (SSSR count). The third kappa shape index (κ3) is 3.92. The van der Waals surface area contributed by atoms with Crippen molar-refractivity contribution in [3.63, 3.8) is 0 Å². The first-order valence-electron chi connectivity index (χ1n) is 6.95. The van der Waals surface area contributed by atoms with E-state index in [1.807, 2.05) is 0 Å². The Labute approximate surface area is 135 Å². The predicted octanol–water partition coefficient (Wildman–Crippen LogP) is 2.56. The summed E-state index contributed by atoms with van der Waals surface area (Å²) in [6.07, 6.45) is 4.93. The van der Waals surface area contributed by atoms with E-state index in [2.05, 4.69) is 15.4 Å². The lowest BCUT2D eigenvalue weighted by Gasteiger charge is -2.06. The van der Waals surface area contributed by atoms with Crippen LogP contribution in [-0.4, -0.2) is 27.3 Å². The summed E-state index contributed by atoms with van der Waals surface area (Å²) in [6.45, 7) is -0.398. The molecule has 0 atom stereocenters. The largest absolute Gasteiger partial charge is 0.484 e. The monoisotopic (exact) mass is 330 g/mol. The molecule has 0 saturated heterocycles. The van der Waals surface area contributed by atoms with Gasteiger partial charge in [0, 0.05) is 42.9 Å². The highest BCUT2D eigenvalue weighted by molar-refractivity contribution is 5.90. The number of carbonyl (C=O) groups excluding carboxylic acids is 1. The van der Waals surface area contributed by atoms with Crippen molar-refractivity contribution in [3.8, 4) is 11.4 Å². The molecule has 2 heterocycles. The minimum Gasteiger partial charge on any atom is -0.484 e. The van der Waals surface area contributed by atoms with Gasteiger partial charge in [0.15, 0.2) is 12.4 Å². The van der Waals surface area contributed by atoms with Gasteiger partial charge in [-0.3, -0.25) is 9.78 Å². The molecule has 2 aromatic heterocycles. The standard InChI is InChI=1S/C16H12F2N4O2/c17-11-7-12(18)9-14(8-11)24-10-16(23)20-15-3-6-22(21-15)13-1-4-19-5-2-13/h1-9H,10H2,(H,20,21,23). The topological polar surface area (TPSA) is 69.0 Å². The van der Waals surface area contributed by atoms with Crippen LogP contribution in [0.5, 0.6) is 5.75 Å². The number of rotatable bonds is 5. The molecule has 3 aromatic rings. The predicted molar refractivity (Wildman–Crippen MR) is 81.8 cm³/mol. The summed E-state index contributed by atoms with van der Waals surface area (Å²) in [7, 11) is 0. The quantitative estimate of drug-likeness (QED) is 0.781. The zero-order valence-electron chi connectivity index (χ0n) is 12.3. The molecule has 1 amide bonds. The second-order valence-corrected chi connectivity index (χ2v) is 4.79. The Morgan fingerprint density at radius 3 is 2.54 bits per heavy atom. The van der Waals surface area contributed by atoms with E-state index in [4.69, 9.17) is 4.74 Å². The third-order valence-corrected chi connectivity index (χ3v) is 2.99. The van der Waals surface area contributed by atoms with Gasteiger partial charge in [-0.2, -0.15) is 5.10 Å². The number of benzene rings is 1. The van der Waals surface area contributed by atoms with Crippen LogP contribution in [0, 0.1) is 11.6 Å². The average Bonchev–Trinajstić information content (AvgIpc) is 3.01. The van der Waals surface area contributed by atoms with Crippen molar-refractivity contribution in [3.05, 3.63) is 66.6 Å². The lowest BCUT2D eigenvalue weighted by molar-refractivity contribution is -0.118. The van der Waals surface area contributed by atoms with Gasteiger partial charge in [0.05, 0.1) is 5.69 Å². The minimum atomic E-state index is -0.776. The van der Waals surface area contributed by atoms with Crippen molar-refractivity contribution in [2.75, 3.05) is 11.9 Å². The van der Waals surface area contributed by atoms with Gasteiger partial charge in [0.25, 0.3) is 5.91 Å². The normalized spacial score (nSPS) is 10.4. The van der Waals surface area contributed by atoms with Crippen molar-refractivity contribution in [1.82, 2.24) is 14.8 Å². The number of amides is 1. The molecule has 1 aromatic carbocycles. The summed E-state index contributed by atoms with van der Waals surface area (Å²) in [4.78, 5) is 15.7. The molecule has 0 aliphatic carbocycles. The SMILES string of the molecule is O=C(COc1cc(F)cc(F)c1)Nc1ccn(-c2ccncc2)n1. The van der Waals surface area contributed by atoms with Crippen LogP contribution in [0.2, 0.25) is 0 Å². The zero-order chi connectivity index (χ0) is 16.9. The van der Waals surface area contributed by atoms with Crippen LogP contribution in [0.1, 0.15) is 0 Å². The first-order valence-corrected chi connectivity index (χ1v) is 6.95. The second kappa shape index (κ2) is 6.86. The Bertz CT molecular complexity index is 832. The number of ether oxygens (including phenoxy) is 1. The lowest BCUT2D eigenvalue weighted by atomic mass is 10.3. The second-order valence-electron chi connectivity index (χ2n) is 4.79. The van der Waals surface area contributed by atoms with Crippen molar-refractivity contribution >= 4 is 11.7 Å². The van der Waals surface area contributed by atoms with Gasteiger partial charge < -0.3 is 10.1 Å². The summed E-state index contributed by atoms with van der Waals surface area (Å²) >= 11 is 0. The van der Waals surface area contributed by atoms with Gasteiger partial charge in [0.1, 0.15) is 17.4 Å². The number of pyridine rings is 1. The Morgan fingerprint density at radius 2 is 1.83 bits per heavy atom. The zero-order valence-corrected chi connectivity index (χ0v) is 12.3. The van der Waals surface area contributed by atoms with Gasteiger partial charge in [-0.25, -0.2) is 13.5 Å². The summed E-state index contributed by atoms with van der Waals surface area (Å²) < 4.78 is 32.7. The molecule has 8 heteroatoms. The van der Waals surface area contributed by atoms with E-state index in [9.17, 15) is 13.6 Å². The molecular weight excluding hydrogens is 318 g/mol. The van der Waals surface area contributed by atoms with Crippen LogP contribution in [0.25, 0.3) is 5.69 Å². The molecule has 1 N–H and O–H groups in total. The number of hydrogen-bond acceptors (Lipinski definition) is 4. The van der Waals surface area contributed by atoms with Crippen LogP contribution in [0.15, 0.2) is 55.0 Å². The van der Waals surface area contributed by atoms with Crippen LogP contribution in [0.4, 0.5) is 14.6 Å². The Balaban J connectivity index is 1.58. The molecule has 0 aliphatic heterocycles. The number of nitrogens with zero attached hydrogens (tertiary/aromatic N) is 3. The van der Waals surface area contributed by atoms with E-state index < -0.39 is 24.1 Å². The van der Waals surface area contributed by atoms with Crippen LogP contribution in [-0.2, 0) is 4.79 Å². The molecule has 0 radical (unpaired) electrons. The maximum Gasteiger partial charge on any atom is 0.263 e. The molecule has 24 heavy (non-hydrogen) atoms. The summed E-state index contributed by atoms with van der Waals surface area (Å²) in [5, 5.41) is 6.72. The van der Waals surface area contributed by atoms with E-state index >= 15 is 0 Å². The van der Waals surface area contributed by atoms with Gasteiger partial charge in [-0.15, -0.1) is 0 Å². The number of aromatic nitrogens is 3. The molecule has 0 fully saturated rings. The Morgan fingerprint density at radius 1 is 1.12 bits per heavy atom. The van der Waals surface area contributed by atoms with Crippen LogP contribution in [0.3, 0.4) is 0 Å². The molecule has 0 bridgehead atoms. The molecule has 6 nitrogen and oxygen atoms in total. The molecule has 0 unspecified atom stereocenters. The third-order valence-electron chi connectivity index (χ3n) is 2.99. The summed E-state index contributed by atoms with van der Waals surface area (Å²) in [6, 6.07) is 7.85. The first-order chi connectivity index (χ1) is 11.6. The van der Waals surface area contributed by atoms with Gasteiger partial charge in [0.2, 0.25) is 0 Å². The van der Waals surface area contributed by atoms with Gasteiger partial charge >= 0.3 is 0 Å². The maximum absolute atomic E-state index is 13.0. The summed E-state index contributed by atoms with van der Waals surface area (Å²) in [5.41, 5.74) is 0.789. The fourth-order valence-corrected chi connectivity index (χ4v) is 1.97. The minimum absolute atomic E-state index is 0.0648. The highest BCUT2D eigenvalue weighted by Gasteiger charge is 2.08. The van der Waals surface area contributed by atoms with Crippen LogP contribution >= 0.6 is 0 Å². The molecule has 122 valence electrons. The fraction of sp³-hybridized carbons (Fsp3) is 0.0625. The Hall–Kier alpha value is -3.29. The highest BCUT2D eigenvalue weighted by Crippen LogP contribution is 2.15. The average molecular weight is 330 g/mol. The van der Waals surface area contributed by atoms with E-state index in [1.165, 1.54) is 0 Å².